The van der Waals surface area contributed by atoms with E-state index in [1.165, 1.54) is 25.1 Å². The molecule has 114 valence electrons. The Balaban J connectivity index is 2.25. The summed E-state index contributed by atoms with van der Waals surface area (Å²) in [7, 11) is 0. The molecule has 3 rings (SSSR count). The fraction of sp³-hybridized carbons (Fsp3) is 0.533. The summed E-state index contributed by atoms with van der Waals surface area (Å²) in [5.41, 5.74) is -4.15. The number of Topliss-reactive ketones (excluding diaryl/α,β-unsaturated/α-hetero) is 1. The van der Waals surface area contributed by atoms with E-state index in [0.717, 1.165) is 0 Å². The first-order chi connectivity index (χ1) is 9.73. The van der Waals surface area contributed by atoms with Crippen molar-refractivity contribution in [3.8, 4) is 11.5 Å². The summed E-state index contributed by atoms with van der Waals surface area (Å²) in [5, 5.41) is 41.4. The van der Waals surface area contributed by atoms with Crippen molar-refractivity contribution in [3.63, 3.8) is 0 Å². The molecule has 21 heavy (non-hydrogen) atoms. The lowest BCUT2D eigenvalue weighted by Gasteiger charge is -2.55. The van der Waals surface area contributed by atoms with Gasteiger partial charge >= 0.3 is 0 Å². The molecule has 4 N–H and O–H groups in total. The molecule has 1 fully saturated rings. The monoisotopic (exact) mass is 294 g/mol. The zero-order valence-electron chi connectivity index (χ0n) is 11.8. The lowest BCUT2D eigenvalue weighted by molar-refractivity contribution is -0.236. The third-order valence-electron chi connectivity index (χ3n) is 4.84. The van der Waals surface area contributed by atoms with Gasteiger partial charge in [-0.05, 0) is 31.4 Å². The molecular formula is C15H18O6. The second-order valence-corrected chi connectivity index (χ2v) is 6.13. The number of aliphatic hydroxyl groups excluding tert-OH is 2. The van der Waals surface area contributed by atoms with Crippen LogP contribution in [0, 0.1) is 5.92 Å². The molecule has 6 nitrogen and oxygen atoms in total. The van der Waals surface area contributed by atoms with Gasteiger partial charge in [0.2, 0.25) is 5.78 Å². The number of benzene rings is 1. The number of fused-ring (bicyclic) bond motifs is 2. The van der Waals surface area contributed by atoms with E-state index in [1.54, 1.807) is 6.92 Å². The number of hydrogen-bond acceptors (Lipinski definition) is 6. The zero-order valence-corrected chi connectivity index (χ0v) is 11.8. The minimum Gasteiger partial charge on any atom is -0.507 e. The Labute approximate surface area is 121 Å². The number of carbonyl (C=O) groups is 1. The molecule has 1 aromatic carbocycles. The molecule has 0 amide bonds. The molecule has 0 unspecified atom stereocenters. The SMILES string of the molecule is C[C@@H]1C[C@@H](O)[C@@]2(O)C(=O)c3c(O)cccc3O[C@]2(C)[C@H]1O. The summed E-state index contributed by atoms with van der Waals surface area (Å²) in [6.45, 7) is 3.12. The Kier molecular flexibility index (Phi) is 2.86. The number of phenolic OH excluding ortho intramolecular Hbond substituents is 1. The lowest BCUT2D eigenvalue weighted by atomic mass is 9.61. The Hall–Kier alpha value is -1.63. The van der Waals surface area contributed by atoms with Crippen LogP contribution in [0.1, 0.15) is 30.6 Å². The standard InChI is InChI=1S/C15H18O6/c1-7-6-10(17)15(20)13(19)11-8(16)4-3-5-9(11)21-14(15,2)12(7)18/h3-5,7,10,12,16-18,20H,6H2,1-2H3/t7-,10-,12+,14-,15-/m1/s1. The predicted molar refractivity (Wildman–Crippen MR) is 72.2 cm³/mol. The number of ether oxygens (including phenoxy) is 1. The first-order valence-corrected chi connectivity index (χ1v) is 6.87. The Morgan fingerprint density at radius 1 is 1.33 bits per heavy atom. The number of aliphatic hydroxyl groups is 3. The molecule has 6 heteroatoms. The maximum atomic E-state index is 12.7. The quantitative estimate of drug-likeness (QED) is 0.545. The molecule has 1 aliphatic carbocycles. The summed E-state index contributed by atoms with van der Waals surface area (Å²) < 4.78 is 5.69. The molecule has 1 saturated carbocycles. The van der Waals surface area contributed by atoms with Crippen molar-refractivity contribution in [1.29, 1.82) is 0 Å². The van der Waals surface area contributed by atoms with Gasteiger partial charge in [-0.25, -0.2) is 0 Å². The van der Waals surface area contributed by atoms with E-state index in [0.29, 0.717) is 0 Å². The second-order valence-electron chi connectivity index (χ2n) is 6.13. The van der Waals surface area contributed by atoms with Gasteiger partial charge in [-0.2, -0.15) is 0 Å². The van der Waals surface area contributed by atoms with Gasteiger partial charge in [0, 0.05) is 0 Å². The third-order valence-corrected chi connectivity index (χ3v) is 4.84. The van der Waals surface area contributed by atoms with Crippen LogP contribution in [0.2, 0.25) is 0 Å². The van der Waals surface area contributed by atoms with Gasteiger partial charge in [0.05, 0.1) is 12.2 Å². The molecule has 0 aromatic heterocycles. The van der Waals surface area contributed by atoms with Crippen LogP contribution in [0.4, 0.5) is 0 Å². The average molecular weight is 294 g/mol. The smallest absolute Gasteiger partial charge is 0.208 e. The molecule has 1 aromatic rings. The summed E-state index contributed by atoms with van der Waals surface area (Å²) in [5.74, 6) is -1.42. The molecule has 2 aliphatic rings. The normalized spacial score (nSPS) is 42.0. The lowest BCUT2D eigenvalue weighted by Crippen LogP contribution is -2.77. The molecule has 0 bridgehead atoms. The van der Waals surface area contributed by atoms with Crippen LogP contribution in [-0.2, 0) is 0 Å². The van der Waals surface area contributed by atoms with Crippen molar-refractivity contribution in [3.05, 3.63) is 23.8 Å². The number of rotatable bonds is 0. The third kappa shape index (κ3) is 1.55. The zero-order chi connectivity index (χ0) is 15.6. The van der Waals surface area contributed by atoms with Crippen LogP contribution >= 0.6 is 0 Å². The number of carbonyl (C=O) groups excluding carboxylic acids is 1. The van der Waals surface area contributed by atoms with Gasteiger partial charge < -0.3 is 25.2 Å². The highest BCUT2D eigenvalue weighted by molar-refractivity contribution is 6.09. The van der Waals surface area contributed by atoms with Crippen LogP contribution in [0.3, 0.4) is 0 Å². The summed E-state index contributed by atoms with van der Waals surface area (Å²) in [6.07, 6.45) is -2.46. The fourth-order valence-electron chi connectivity index (χ4n) is 3.52. The van der Waals surface area contributed by atoms with Gasteiger partial charge in [0.1, 0.15) is 17.1 Å². The van der Waals surface area contributed by atoms with E-state index in [1.807, 2.05) is 0 Å². The number of ketones is 1. The topological polar surface area (TPSA) is 107 Å². The second kappa shape index (κ2) is 4.19. The fourth-order valence-corrected chi connectivity index (χ4v) is 3.52. The number of aromatic hydroxyl groups is 1. The maximum Gasteiger partial charge on any atom is 0.208 e. The molecule has 0 spiro atoms. The van der Waals surface area contributed by atoms with Crippen LogP contribution in [-0.4, -0.2) is 49.6 Å². The van der Waals surface area contributed by atoms with Crippen molar-refractivity contribution in [2.24, 2.45) is 5.92 Å². The van der Waals surface area contributed by atoms with E-state index in [2.05, 4.69) is 0 Å². The van der Waals surface area contributed by atoms with Gasteiger partial charge in [-0.15, -0.1) is 0 Å². The minimum absolute atomic E-state index is 0.0608. The summed E-state index contributed by atoms with van der Waals surface area (Å²) in [6, 6.07) is 4.29. The van der Waals surface area contributed by atoms with E-state index in [-0.39, 0.29) is 29.4 Å². The van der Waals surface area contributed by atoms with E-state index in [4.69, 9.17) is 4.74 Å². The van der Waals surface area contributed by atoms with Crippen LogP contribution in [0.15, 0.2) is 18.2 Å². The minimum atomic E-state index is -2.30. The van der Waals surface area contributed by atoms with Gasteiger partial charge in [-0.3, -0.25) is 4.79 Å². The van der Waals surface area contributed by atoms with Crippen LogP contribution in [0.5, 0.6) is 11.5 Å². The summed E-state index contributed by atoms with van der Waals surface area (Å²) >= 11 is 0. The molecule has 1 heterocycles. The van der Waals surface area contributed by atoms with Crippen LogP contribution in [0.25, 0.3) is 0 Å². The highest BCUT2D eigenvalue weighted by Gasteiger charge is 2.69. The Morgan fingerprint density at radius 2 is 2.00 bits per heavy atom. The number of hydrogen-bond donors (Lipinski definition) is 4. The van der Waals surface area contributed by atoms with Crippen molar-refractivity contribution in [2.45, 2.75) is 43.7 Å². The van der Waals surface area contributed by atoms with E-state index < -0.39 is 29.2 Å². The van der Waals surface area contributed by atoms with Gasteiger partial charge in [0.25, 0.3) is 0 Å². The van der Waals surface area contributed by atoms with Crippen LogP contribution < -0.4 is 4.74 Å². The van der Waals surface area contributed by atoms with Gasteiger partial charge in [0.15, 0.2) is 11.2 Å². The highest BCUT2D eigenvalue weighted by atomic mass is 16.5. The molecule has 5 atom stereocenters. The van der Waals surface area contributed by atoms with Crippen molar-refractivity contribution in [2.75, 3.05) is 0 Å². The molecular weight excluding hydrogens is 276 g/mol. The first kappa shape index (κ1) is 14.3. The molecule has 0 saturated heterocycles. The first-order valence-electron chi connectivity index (χ1n) is 6.87. The van der Waals surface area contributed by atoms with Crippen molar-refractivity contribution in [1.82, 2.24) is 0 Å². The largest absolute Gasteiger partial charge is 0.507 e. The average Bonchev–Trinajstić information content (AvgIpc) is 2.42. The summed E-state index contributed by atoms with van der Waals surface area (Å²) in [4.78, 5) is 12.7. The van der Waals surface area contributed by atoms with E-state index in [9.17, 15) is 25.2 Å². The highest BCUT2D eigenvalue weighted by Crippen LogP contribution is 2.50. The predicted octanol–water partition coefficient (Wildman–Crippen LogP) is 0.219. The van der Waals surface area contributed by atoms with Crippen molar-refractivity contribution < 1.29 is 30.0 Å². The maximum absolute atomic E-state index is 12.7. The molecule has 0 radical (unpaired) electrons. The van der Waals surface area contributed by atoms with E-state index >= 15 is 0 Å². The number of phenols is 1. The molecule has 1 aliphatic heterocycles. The Morgan fingerprint density at radius 3 is 2.67 bits per heavy atom. The van der Waals surface area contributed by atoms with Crippen molar-refractivity contribution >= 4 is 5.78 Å². The van der Waals surface area contributed by atoms with Gasteiger partial charge in [-0.1, -0.05) is 13.0 Å². The Bertz CT molecular complexity index is 614.